The summed E-state index contributed by atoms with van der Waals surface area (Å²) in [7, 11) is 1.57. The van der Waals surface area contributed by atoms with Crippen molar-refractivity contribution in [3.8, 4) is 23.8 Å². The Kier molecular flexibility index (Phi) is 5.07. The molecule has 2 heterocycles. The maximum atomic E-state index is 13.0. The number of imidazole rings is 1. The van der Waals surface area contributed by atoms with Crippen LogP contribution < -0.4 is 19.6 Å². The summed E-state index contributed by atoms with van der Waals surface area (Å²) >= 11 is 1.36. The first-order valence-corrected chi connectivity index (χ1v) is 9.77. The largest absolute Gasteiger partial charge is 0.493 e. The Labute approximate surface area is 171 Å². The molecule has 0 saturated carbocycles. The van der Waals surface area contributed by atoms with Gasteiger partial charge in [-0.3, -0.25) is 4.79 Å². The zero-order valence-electron chi connectivity index (χ0n) is 15.8. The molecule has 144 valence electrons. The zero-order chi connectivity index (χ0) is 20.4. The Morgan fingerprint density at radius 2 is 2.17 bits per heavy atom. The van der Waals surface area contributed by atoms with Gasteiger partial charge in [0, 0.05) is 5.56 Å². The minimum Gasteiger partial charge on any atom is -0.493 e. The number of para-hydroxylation sites is 2. The molecule has 0 aliphatic rings. The first kappa shape index (κ1) is 18.8. The SMILES string of the molecule is C#CCOc1c(CC=C)cc(C=c2sc3nc4ccccc4n3c2=O)cc1OC. The van der Waals surface area contributed by atoms with Gasteiger partial charge in [0.25, 0.3) is 5.56 Å². The summed E-state index contributed by atoms with van der Waals surface area (Å²) in [5.41, 5.74) is 3.26. The quantitative estimate of drug-likeness (QED) is 0.367. The lowest BCUT2D eigenvalue weighted by molar-refractivity contribution is 0.328. The molecule has 0 fully saturated rings. The van der Waals surface area contributed by atoms with Crippen molar-refractivity contribution in [1.82, 2.24) is 9.38 Å². The highest BCUT2D eigenvalue weighted by atomic mass is 32.1. The summed E-state index contributed by atoms with van der Waals surface area (Å²) in [4.78, 5) is 18.2. The highest BCUT2D eigenvalue weighted by molar-refractivity contribution is 7.15. The summed E-state index contributed by atoms with van der Waals surface area (Å²) in [5.74, 6) is 3.62. The monoisotopic (exact) mass is 402 g/mol. The van der Waals surface area contributed by atoms with Crippen molar-refractivity contribution in [2.75, 3.05) is 13.7 Å². The van der Waals surface area contributed by atoms with Crippen LogP contribution in [-0.4, -0.2) is 23.1 Å². The van der Waals surface area contributed by atoms with Crippen molar-refractivity contribution in [1.29, 1.82) is 0 Å². The predicted octanol–water partition coefficient (Wildman–Crippen LogP) is 3.21. The number of hydrogen-bond acceptors (Lipinski definition) is 5. The maximum absolute atomic E-state index is 13.0. The molecule has 2 aromatic carbocycles. The molecule has 6 heteroatoms. The molecule has 4 aromatic rings. The van der Waals surface area contributed by atoms with Gasteiger partial charge in [0.05, 0.1) is 22.7 Å². The summed E-state index contributed by atoms with van der Waals surface area (Å²) in [5, 5.41) is 0. The summed E-state index contributed by atoms with van der Waals surface area (Å²) in [6.45, 7) is 3.95. The molecule has 2 aromatic heterocycles. The second-order valence-corrected chi connectivity index (χ2v) is 7.34. The highest BCUT2D eigenvalue weighted by Gasteiger charge is 2.14. The Hall–Kier alpha value is -3.56. The number of methoxy groups -OCH3 is 1. The van der Waals surface area contributed by atoms with Crippen molar-refractivity contribution in [2.45, 2.75) is 6.42 Å². The third-order valence-electron chi connectivity index (χ3n) is 4.48. The average molecular weight is 402 g/mol. The van der Waals surface area contributed by atoms with Crippen LogP contribution >= 0.6 is 11.3 Å². The van der Waals surface area contributed by atoms with Crippen LogP contribution in [0.4, 0.5) is 0 Å². The number of hydrogen-bond donors (Lipinski definition) is 0. The first-order valence-electron chi connectivity index (χ1n) is 8.96. The number of ether oxygens (including phenoxy) is 2. The van der Waals surface area contributed by atoms with Crippen LogP contribution in [0.15, 0.2) is 53.8 Å². The molecule has 0 atom stereocenters. The standard InChI is InChI=1S/C23H18N2O3S/c1-4-8-16-12-15(13-19(27-3)21(16)28-11-5-2)14-20-22(26)25-18-10-7-6-9-17(18)24-23(25)29-20/h2,4,6-7,9-10,12-14H,1,8,11H2,3H3. The van der Waals surface area contributed by atoms with E-state index in [0.29, 0.717) is 27.4 Å². The van der Waals surface area contributed by atoms with Crippen molar-refractivity contribution >= 4 is 33.4 Å². The van der Waals surface area contributed by atoms with E-state index < -0.39 is 0 Å². The number of fused-ring (bicyclic) bond motifs is 3. The molecule has 0 spiro atoms. The summed E-state index contributed by atoms with van der Waals surface area (Å²) < 4.78 is 13.4. The van der Waals surface area contributed by atoms with E-state index in [0.717, 1.165) is 22.2 Å². The van der Waals surface area contributed by atoms with Crippen LogP contribution in [-0.2, 0) is 6.42 Å². The van der Waals surface area contributed by atoms with E-state index in [1.54, 1.807) is 17.6 Å². The van der Waals surface area contributed by atoms with E-state index in [9.17, 15) is 4.79 Å². The van der Waals surface area contributed by atoms with Gasteiger partial charge in [0.1, 0.15) is 6.61 Å². The summed E-state index contributed by atoms with van der Waals surface area (Å²) in [6, 6.07) is 11.4. The molecule has 0 saturated heterocycles. The van der Waals surface area contributed by atoms with Gasteiger partial charge < -0.3 is 9.47 Å². The fourth-order valence-electron chi connectivity index (χ4n) is 3.27. The highest BCUT2D eigenvalue weighted by Crippen LogP contribution is 2.34. The number of aromatic nitrogens is 2. The molecule has 4 rings (SSSR count). The fraction of sp³-hybridized carbons (Fsp3) is 0.130. The van der Waals surface area contributed by atoms with E-state index in [4.69, 9.17) is 15.9 Å². The average Bonchev–Trinajstić information content (AvgIpc) is 3.23. The van der Waals surface area contributed by atoms with Crippen LogP contribution in [0.3, 0.4) is 0 Å². The molecule has 5 nitrogen and oxygen atoms in total. The number of terminal acetylenes is 1. The second kappa shape index (κ2) is 7.82. The van der Waals surface area contributed by atoms with Crippen molar-refractivity contribution in [3.05, 3.63) is 75.1 Å². The van der Waals surface area contributed by atoms with Gasteiger partial charge in [-0.2, -0.15) is 0 Å². The molecule has 0 N–H and O–H groups in total. The molecule has 0 unspecified atom stereocenters. The first-order chi connectivity index (χ1) is 14.2. The van der Waals surface area contributed by atoms with Gasteiger partial charge in [-0.1, -0.05) is 35.5 Å². The molecule has 0 radical (unpaired) electrons. The normalized spacial score (nSPS) is 11.7. The van der Waals surface area contributed by atoms with E-state index in [2.05, 4.69) is 17.5 Å². The van der Waals surface area contributed by atoms with Crippen molar-refractivity contribution < 1.29 is 9.47 Å². The van der Waals surface area contributed by atoms with E-state index >= 15 is 0 Å². The van der Waals surface area contributed by atoms with Gasteiger partial charge in [-0.05, 0) is 42.3 Å². The van der Waals surface area contributed by atoms with Crippen LogP contribution in [0.5, 0.6) is 11.5 Å². The van der Waals surface area contributed by atoms with Gasteiger partial charge in [-0.25, -0.2) is 9.38 Å². The molecule has 0 bridgehead atoms. The van der Waals surface area contributed by atoms with Gasteiger partial charge in [0.2, 0.25) is 0 Å². The maximum Gasteiger partial charge on any atom is 0.274 e. The third kappa shape index (κ3) is 3.37. The summed E-state index contributed by atoms with van der Waals surface area (Å²) in [6.07, 6.45) is 9.53. The molecule has 0 aliphatic carbocycles. The Morgan fingerprint density at radius 3 is 2.93 bits per heavy atom. The number of allylic oxidation sites excluding steroid dienone is 1. The molecule has 29 heavy (non-hydrogen) atoms. The molecule has 0 amide bonds. The molecular formula is C23H18N2O3S. The lowest BCUT2D eigenvalue weighted by Gasteiger charge is -2.14. The molecular weight excluding hydrogens is 384 g/mol. The van der Waals surface area contributed by atoms with Crippen molar-refractivity contribution in [2.24, 2.45) is 0 Å². The van der Waals surface area contributed by atoms with Crippen LogP contribution in [0, 0.1) is 12.3 Å². The minimum atomic E-state index is -0.0874. The number of benzene rings is 2. The Balaban J connectivity index is 1.88. The Morgan fingerprint density at radius 1 is 1.34 bits per heavy atom. The fourth-order valence-corrected chi connectivity index (χ4v) is 4.25. The number of thiazole rings is 1. The van der Waals surface area contributed by atoms with E-state index in [-0.39, 0.29) is 12.2 Å². The lowest BCUT2D eigenvalue weighted by atomic mass is 10.1. The van der Waals surface area contributed by atoms with E-state index in [1.807, 2.05) is 42.5 Å². The number of nitrogens with zero attached hydrogens (tertiary/aromatic N) is 2. The smallest absolute Gasteiger partial charge is 0.274 e. The topological polar surface area (TPSA) is 52.8 Å². The van der Waals surface area contributed by atoms with Gasteiger partial charge in [-0.15, -0.1) is 13.0 Å². The molecule has 0 aliphatic heterocycles. The van der Waals surface area contributed by atoms with Crippen LogP contribution in [0.25, 0.3) is 22.1 Å². The predicted molar refractivity (Wildman–Crippen MR) is 117 cm³/mol. The van der Waals surface area contributed by atoms with Crippen molar-refractivity contribution in [3.63, 3.8) is 0 Å². The van der Waals surface area contributed by atoms with Crippen LogP contribution in [0.2, 0.25) is 0 Å². The zero-order valence-corrected chi connectivity index (χ0v) is 16.7. The number of rotatable bonds is 6. The van der Waals surface area contributed by atoms with E-state index in [1.165, 1.54) is 11.3 Å². The van der Waals surface area contributed by atoms with Crippen LogP contribution in [0.1, 0.15) is 11.1 Å². The Bertz CT molecular complexity index is 1380. The lowest BCUT2D eigenvalue weighted by Crippen LogP contribution is -2.22. The van der Waals surface area contributed by atoms with Gasteiger partial charge in [0.15, 0.2) is 16.5 Å². The van der Waals surface area contributed by atoms with Gasteiger partial charge >= 0.3 is 0 Å². The minimum absolute atomic E-state index is 0.0874. The second-order valence-electron chi connectivity index (χ2n) is 6.33. The third-order valence-corrected chi connectivity index (χ3v) is 5.45.